The third-order valence-electron chi connectivity index (χ3n) is 2.00. The van der Waals surface area contributed by atoms with Crippen molar-refractivity contribution in [3.63, 3.8) is 0 Å². The highest BCUT2D eigenvalue weighted by Crippen LogP contribution is 2.16. The van der Waals surface area contributed by atoms with Crippen LogP contribution in [0.25, 0.3) is 0 Å². The molecule has 2 N–H and O–H groups in total. The molecule has 0 bridgehead atoms. The first kappa shape index (κ1) is 13.0. The minimum Gasteiger partial charge on any atom is -0.333 e. The highest BCUT2D eigenvalue weighted by atomic mass is 35.5. The molecule has 1 heterocycles. The first-order chi connectivity index (χ1) is 7.67. The van der Waals surface area contributed by atoms with Gasteiger partial charge >= 0.3 is 6.03 Å². The van der Waals surface area contributed by atoms with Crippen LogP contribution in [0.5, 0.6) is 0 Å². The number of thiophene rings is 1. The molecule has 0 aromatic carbocycles. The molecule has 0 saturated carbocycles. The maximum absolute atomic E-state index is 11.2. The fourth-order valence-corrected chi connectivity index (χ4v) is 2.18. The van der Waals surface area contributed by atoms with Gasteiger partial charge in [-0.25, -0.2) is 4.79 Å². The van der Waals surface area contributed by atoms with Crippen LogP contribution in [0.15, 0.2) is 11.4 Å². The van der Waals surface area contributed by atoms with Crippen LogP contribution in [-0.4, -0.2) is 17.8 Å². The molecule has 0 aliphatic carbocycles. The van der Waals surface area contributed by atoms with Crippen molar-refractivity contribution in [3.05, 3.63) is 21.9 Å². The van der Waals surface area contributed by atoms with Gasteiger partial charge in [-0.15, -0.1) is 22.9 Å². The van der Waals surface area contributed by atoms with Crippen molar-refractivity contribution in [2.45, 2.75) is 19.9 Å². The highest BCUT2D eigenvalue weighted by molar-refractivity contribution is 7.10. The average Bonchev–Trinajstić information content (AvgIpc) is 2.73. The van der Waals surface area contributed by atoms with E-state index in [9.17, 15) is 9.59 Å². The Balaban J connectivity index is 2.40. The van der Waals surface area contributed by atoms with Crippen molar-refractivity contribution < 1.29 is 9.59 Å². The highest BCUT2D eigenvalue weighted by Gasteiger charge is 2.07. The first-order valence-corrected chi connectivity index (χ1v) is 6.27. The monoisotopic (exact) mass is 260 g/mol. The lowest BCUT2D eigenvalue weighted by Crippen LogP contribution is -2.39. The van der Waals surface area contributed by atoms with Crippen LogP contribution in [-0.2, 0) is 17.8 Å². The van der Waals surface area contributed by atoms with Crippen LogP contribution in [0, 0.1) is 0 Å². The van der Waals surface area contributed by atoms with Gasteiger partial charge in [-0.2, -0.15) is 0 Å². The van der Waals surface area contributed by atoms with Crippen molar-refractivity contribution >= 4 is 34.9 Å². The molecule has 0 atom stereocenters. The maximum Gasteiger partial charge on any atom is 0.321 e. The predicted octanol–water partition coefficient (Wildman–Crippen LogP) is 1.88. The van der Waals surface area contributed by atoms with Gasteiger partial charge in [-0.05, 0) is 23.4 Å². The van der Waals surface area contributed by atoms with Crippen LogP contribution >= 0.6 is 22.9 Å². The summed E-state index contributed by atoms with van der Waals surface area (Å²) in [7, 11) is 0. The zero-order chi connectivity index (χ0) is 12.0. The molecule has 0 aliphatic heterocycles. The van der Waals surface area contributed by atoms with Crippen LogP contribution in [0.1, 0.15) is 17.4 Å². The zero-order valence-electron chi connectivity index (χ0n) is 8.88. The molecule has 0 saturated heterocycles. The van der Waals surface area contributed by atoms with E-state index in [2.05, 4.69) is 17.6 Å². The van der Waals surface area contributed by atoms with Gasteiger partial charge in [0.2, 0.25) is 5.91 Å². The van der Waals surface area contributed by atoms with E-state index in [-0.39, 0.29) is 5.88 Å². The molecule has 0 fully saturated rings. The van der Waals surface area contributed by atoms with Crippen molar-refractivity contribution in [1.29, 1.82) is 0 Å². The molecule has 4 nitrogen and oxygen atoms in total. The van der Waals surface area contributed by atoms with E-state index in [0.717, 1.165) is 11.3 Å². The van der Waals surface area contributed by atoms with Gasteiger partial charge in [0.25, 0.3) is 0 Å². The van der Waals surface area contributed by atoms with Gasteiger partial charge in [0.1, 0.15) is 5.88 Å². The summed E-state index contributed by atoms with van der Waals surface area (Å²) in [6.07, 6.45) is 0.933. The van der Waals surface area contributed by atoms with Gasteiger partial charge in [0.15, 0.2) is 0 Å². The molecule has 0 spiro atoms. The zero-order valence-corrected chi connectivity index (χ0v) is 10.5. The third kappa shape index (κ3) is 3.83. The molecule has 16 heavy (non-hydrogen) atoms. The minimum atomic E-state index is -0.513. The molecule has 1 rings (SSSR count). The Kier molecular flexibility index (Phi) is 5.28. The summed E-state index contributed by atoms with van der Waals surface area (Å²) in [4.78, 5) is 23.1. The van der Waals surface area contributed by atoms with Crippen molar-refractivity contribution in [3.8, 4) is 0 Å². The summed E-state index contributed by atoms with van der Waals surface area (Å²) >= 11 is 6.84. The van der Waals surface area contributed by atoms with Gasteiger partial charge in [-0.1, -0.05) is 6.92 Å². The SMILES string of the molecule is CCc1ccsc1CNC(=O)NC(=O)CCl. The predicted molar refractivity (Wildman–Crippen MR) is 64.8 cm³/mol. The van der Waals surface area contributed by atoms with Crippen molar-refractivity contribution in [2.24, 2.45) is 0 Å². The Morgan fingerprint density at radius 3 is 2.88 bits per heavy atom. The first-order valence-electron chi connectivity index (χ1n) is 4.86. The molecule has 88 valence electrons. The second kappa shape index (κ2) is 6.50. The van der Waals surface area contributed by atoms with Crippen LogP contribution in [0.2, 0.25) is 0 Å². The summed E-state index contributed by atoms with van der Waals surface area (Å²) in [5.74, 6) is -0.715. The average molecular weight is 261 g/mol. The molecule has 6 heteroatoms. The maximum atomic E-state index is 11.2. The number of halogens is 1. The second-order valence-corrected chi connectivity index (χ2v) is 4.35. The number of amides is 3. The smallest absolute Gasteiger partial charge is 0.321 e. The van der Waals surface area contributed by atoms with Crippen LogP contribution in [0.3, 0.4) is 0 Å². The van der Waals surface area contributed by atoms with Crippen molar-refractivity contribution in [2.75, 3.05) is 5.88 Å². The summed E-state index contributed by atoms with van der Waals surface area (Å²) in [5.41, 5.74) is 1.22. The summed E-state index contributed by atoms with van der Waals surface area (Å²) in [6, 6.07) is 1.52. The molecule has 1 aromatic rings. The fraction of sp³-hybridized carbons (Fsp3) is 0.400. The molecule has 1 aromatic heterocycles. The molecular formula is C10H13ClN2O2S. The number of alkyl halides is 1. The van der Waals surface area contributed by atoms with E-state index in [4.69, 9.17) is 11.6 Å². The Bertz CT molecular complexity index is 379. The van der Waals surface area contributed by atoms with E-state index in [1.165, 1.54) is 5.56 Å². The molecule has 0 unspecified atom stereocenters. The largest absolute Gasteiger partial charge is 0.333 e. The van der Waals surface area contributed by atoms with E-state index in [1.54, 1.807) is 11.3 Å². The number of nitrogens with one attached hydrogen (secondary N) is 2. The quantitative estimate of drug-likeness (QED) is 0.812. The van der Waals surface area contributed by atoms with E-state index in [0.29, 0.717) is 6.54 Å². The Labute approximate surface area is 103 Å². The number of urea groups is 1. The lowest BCUT2D eigenvalue weighted by molar-refractivity contribution is -0.117. The minimum absolute atomic E-state index is 0.216. The topological polar surface area (TPSA) is 58.2 Å². The second-order valence-electron chi connectivity index (χ2n) is 3.09. The summed E-state index contributed by atoms with van der Waals surface area (Å²) in [6.45, 7) is 2.49. The van der Waals surface area contributed by atoms with Crippen molar-refractivity contribution in [1.82, 2.24) is 10.6 Å². The van der Waals surface area contributed by atoms with Crippen LogP contribution < -0.4 is 10.6 Å². The van der Waals surface area contributed by atoms with Gasteiger partial charge in [0.05, 0.1) is 6.54 Å². The van der Waals surface area contributed by atoms with E-state index in [1.807, 2.05) is 11.4 Å². The number of rotatable bonds is 4. The Hall–Kier alpha value is -1.07. The normalized spacial score (nSPS) is 9.88. The summed E-state index contributed by atoms with van der Waals surface area (Å²) < 4.78 is 0. The standard InChI is InChI=1S/C10H13ClN2O2S/c1-2-7-3-4-16-8(7)6-12-10(15)13-9(14)5-11/h3-4H,2,5-6H2,1H3,(H2,12,13,14,15). The van der Waals surface area contributed by atoms with Gasteiger partial charge in [0, 0.05) is 4.88 Å². The van der Waals surface area contributed by atoms with Gasteiger partial charge < -0.3 is 5.32 Å². The van der Waals surface area contributed by atoms with E-state index >= 15 is 0 Å². The number of aryl methyl sites for hydroxylation is 1. The van der Waals surface area contributed by atoms with E-state index < -0.39 is 11.9 Å². The van der Waals surface area contributed by atoms with Crippen LogP contribution in [0.4, 0.5) is 4.79 Å². The molecule has 0 radical (unpaired) electrons. The number of carbonyl (C=O) groups excluding carboxylic acids is 2. The number of hydrogen-bond donors (Lipinski definition) is 2. The fourth-order valence-electron chi connectivity index (χ4n) is 1.20. The summed E-state index contributed by atoms with van der Waals surface area (Å²) in [5, 5.41) is 6.70. The third-order valence-corrected chi connectivity index (χ3v) is 3.21. The lowest BCUT2D eigenvalue weighted by Gasteiger charge is -2.05. The lowest BCUT2D eigenvalue weighted by atomic mass is 10.2. The Morgan fingerprint density at radius 2 is 2.25 bits per heavy atom. The number of carbonyl (C=O) groups is 2. The number of imide groups is 1. The molecule has 3 amide bonds. The van der Waals surface area contributed by atoms with Gasteiger partial charge in [-0.3, -0.25) is 10.1 Å². The molecular weight excluding hydrogens is 248 g/mol. The number of hydrogen-bond acceptors (Lipinski definition) is 3. The molecule has 0 aliphatic rings. The Morgan fingerprint density at radius 1 is 1.50 bits per heavy atom.